The number of benzene rings is 2. The fourth-order valence-electron chi connectivity index (χ4n) is 3.07. The minimum absolute atomic E-state index is 0.0951. The van der Waals surface area contributed by atoms with Gasteiger partial charge in [0.1, 0.15) is 11.5 Å². The molecule has 164 valence electrons. The SMILES string of the molecule is COc1ccc(-c2nnc(SCC(=O)N[C@H](C)c3ccc(C)c(C)c3)n2N)c(OC)c1. The lowest BCUT2D eigenvalue weighted by Gasteiger charge is -2.15. The topological polar surface area (TPSA) is 104 Å². The van der Waals surface area contributed by atoms with E-state index in [-0.39, 0.29) is 17.7 Å². The maximum Gasteiger partial charge on any atom is 0.230 e. The Bertz CT molecular complexity index is 1080. The summed E-state index contributed by atoms with van der Waals surface area (Å²) in [6.45, 7) is 6.09. The number of aromatic nitrogens is 3. The van der Waals surface area contributed by atoms with E-state index in [2.05, 4.69) is 41.5 Å². The Morgan fingerprint density at radius 1 is 1.13 bits per heavy atom. The smallest absolute Gasteiger partial charge is 0.230 e. The Morgan fingerprint density at radius 2 is 1.90 bits per heavy atom. The van der Waals surface area contributed by atoms with Crippen molar-refractivity contribution in [3.8, 4) is 22.9 Å². The zero-order valence-corrected chi connectivity index (χ0v) is 19.1. The molecule has 0 aliphatic heterocycles. The molecule has 0 aliphatic carbocycles. The number of nitrogens with zero attached hydrogens (tertiary/aromatic N) is 3. The number of carbonyl (C=O) groups excluding carboxylic acids is 1. The van der Waals surface area contributed by atoms with Crippen LogP contribution in [-0.2, 0) is 4.79 Å². The minimum Gasteiger partial charge on any atom is -0.497 e. The van der Waals surface area contributed by atoms with Crippen molar-refractivity contribution < 1.29 is 14.3 Å². The molecule has 1 amide bonds. The van der Waals surface area contributed by atoms with Gasteiger partial charge in [0.05, 0.1) is 31.6 Å². The molecule has 0 bridgehead atoms. The fourth-order valence-corrected chi connectivity index (χ4v) is 3.74. The molecule has 31 heavy (non-hydrogen) atoms. The highest BCUT2D eigenvalue weighted by molar-refractivity contribution is 7.99. The molecule has 0 saturated heterocycles. The van der Waals surface area contributed by atoms with Gasteiger partial charge in [-0.3, -0.25) is 4.79 Å². The molecule has 0 unspecified atom stereocenters. The number of nitrogens with one attached hydrogen (secondary N) is 1. The highest BCUT2D eigenvalue weighted by atomic mass is 32.2. The Morgan fingerprint density at radius 3 is 2.58 bits per heavy atom. The van der Waals surface area contributed by atoms with Gasteiger partial charge in [0.15, 0.2) is 5.82 Å². The number of methoxy groups -OCH3 is 2. The van der Waals surface area contributed by atoms with E-state index < -0.39 is 0 Å². The van der Waals surface area contributed by atoms with E-state index in [0.29, 0.717) is 28.0 Å². The van der Waals surface area contributed by atoms with Crippen molar-refractivity contribution in [3.05, 3.63) is 53.1 Å². The molecular weight excluding hydrogens is 414 g/mol. The zero-order valence-electron chi connectivity index (χ0n) is 18.3. The summed E-state index contributed by atoms with van der Waals surface area (Å²) in [7, 11) is 3.15. The summed E-state index contributed by atoms with van der Waals surface area (Å²) in [5.41, 5.74) is 4.17. The van der Waals surface area contributed by atoms with Crippen LogP contribution < -0.4 is 20.6 Å². The lowest BCUT2D eigenvalue weighted by molar-refractivity contribution is -0.119. The second kappa shape index (κ2) is 9.74. The number of nitrogen functional groups attached to an aromatic ring is 1. The van der Waals surface area contributed by atoms with E-state index in [0.717, 1.165) is 5.56 Å². The molecule has 1 heterocycles. The first kappa shape index (κ1) is 22.5. The molecule has 0 fully saturated rings. The van der Waals surface area contributed by atoms with Crippen LogP contribution in [0.25, 0.3) is 11.4 Å². The first-order chi connectivity index (χ1) is 14.8. The number of ether oxygens (including phenoxy) is 2. The summed E-state index contributed by atoms with van der Waals surface area (Å²) in [4.78, 5) is 12.4. The van der Waals surface area contributed by atoms with Crippen molar-refractivity contribution in [2.75, 3.05) is 25.8 Å². The van der Waals surface area contributed by atoms with E-state index in [1.165, 1.54) is 27.6 Å². The van der Waals surface area contributed by atoms with Gasteiger partial charge in [-0.15, -0.1) is 10.2 Å². The summed E-state index contributed by atoms with van der Waals surface area (Å²) >= 11 is 1.22. The number of thioether (sulfide) groups is 1. The number of amides is 1. The molecule has 1 aromatic heterocycles. The van der Waals surface area contributed by atoms with Crippen LogP contribution >= 0.6 is 11.8 Å². The van der Waals surface area contributed by atoms with Crippen molar-refractivity contribution in [3.63, 3.8) is 0 Å². The van der Waals surface area contributed by atoms with Crippen molar-refractivity contribution in [1.82, 2.24) is 20.2 Å². The third kappa shape index (κ3) is 5.11. The summed E-state index contributed by atoms with van der Waals surface area (Å²) in [6.07, 6.45) is 0. The van der Waals surface area contributed by atoms with E-state index >= 15 is 0 Å². The Balaban J connectivity index is 1.66. The zero-order chi connectivity index (χ0) is 22.5. The molecular formula is C22H27N5O3S. The van der Waals surface area contributed by atoms with Gasteiger partial charge in [0.25, 0.3) is 0 Å². The summed E-state index contributed by atoms with van der Waals surface area (Å²) in [6, 6.07) is 11.4. The quantitative estimate of drug-likeness (QED) is 0.408. The summed E-state index contributed by atoms with van der Waals surface area (Å²) < 4.78 is 12.0. The number of nitrogens with two attached hydrogens (primary N) is 1. The Hall–Kier alpha value is -3.20. The molecule has 3 aromatic rings. The van der Waals surface area contributed by atoms with Crippen LogP contribution in [0.1, 0.15) is 29.7 Å². The van der Waals surface area contributed by atoms with Gasteiger partial charge in [0, 0.05) is 6.07 Å². The monoisotopic (exact) mass is 441 g/mol. The third-order valence-corrected chi connectivity index (χ3v) is 6.00. The van der Waals surface area contributed by atoms with Crippen molar-refractivity contribution in [2.45, 2.75) is 32.0 Å². The van der Waals surface area contributed by atoms with Crippen molar-refractivity contribution in [1.29, 1.82) is 0 Å². The average molecular weight is 442 g/mol. The third-order valence-electron chi connectivity index (χ3n) is 5.05. The number of carbonyl (C=O) groups is 1. The van der Waals surface area contributed by atoms with Gasteiger partial charge in [-0.05, 0) is 49.6 Å². The van der Waals surface area contributed by atoms with Gasteiger partial charge < -0.3 is 20.6 Å². The lowest BCUT2D eigenvalue weighted by Crippen LogP contribution is -2.28. The standard InChI is InChI=1S/C22H27N5O3S/c1-13-6-7-16(10-14(13)2)15(3)24-20(28)12-31-22-26-25-21(27(22)23)18-9-8-17(29-4)11-19(18)30-5/h6-11,15H,12,23H2,1-5H3,(H,24,28)/t15-/m1/s1. The van der Waals surface area contributed by atoms with E-state index in [9.17, 15) is 4.79 Å². The lowest BCUT2D eigenvalue weighted by atomic mass is 10.0. The summed E-state index contributed by atoms with van der Waals surface area (Å²) in [5.74, 6) is 7.91. The van der Waals surface area contributed by atoms with Gasteiger partial charge in [-0.1, -0.05) is 30.0 Å². The molecule has 8 nitrogen and oxygen atoms in total. The molecule has 0 radical (unpaired) electrons. The van der Waals surface area contributed by atoms with Crippen LogP contribution in [0.3, 0.4) is 0 Å². The van der Waals surface area contributed by atoms with Gasteiger partial charge in [-0.2, -0.15) is 0 Å². The van der Waals surface area contributed by atoms with E-state index in [1.54, 1.807) is 32.4 Å². The largest absolute Gasteiger partial charge is 0.497 e. The normalized spacial score (nSPS) is 11.8. The molecule has 3 rings (SSSR count). The second-order valence-electron chi connectivity index (χ2n) is 7.16. The predicted molar refractivity (Wildman–Crippen MR) is 122 cm³/mol. The molecule has 0 saturated carbocycles. The molecule has 2 aromatic carbocycles. The number of aryl methyl sites for hydroxylation is 2. The van der Waals surface area contributed by atoms with Gasteiger partial charge >= 0.3 is 0 Å². The van der Waals surface area contributed by atoms with Gasteiger partial charge in [0.2, 0.25) is 11.1 Å². The van der Waals surface area contributed by atoms with Crippen LogP contribution in [-0.4, -0.2) is 40.8 Å². The van der Waals surface area contributed by atoms with Crippen LogP contribution in [0, 0.1) is 13.8 Å². The highest BCUT2D eigenvalue weighted by Crippen LogP contribution is 2.33. The van der Waals surface area contributed by atoms with Gasteiger partial charge in [-0.25, -0.2) is 4.68 Å². The molecule has 3 N–H and O–H groups in total. The highest BCUT2D eigenvalue weighted by Gasteiger charge is 2.18. The predicted octanol–water partition coefficient (Wildman–Crippen LogP) is 3.26. The number of hydrogen-bond acceptors (Lipinski definition) is 7. The number of hydrogen-bond donors (Lipinski definition) is 2. The fraction of sp³-hybridized carbons (Fsp3) is 0.318. The molecule has 0 aliphatic rings. The van der Waals surface area contributed by atoms with Crippen LogP contribution in [0.2, 0.25) is 0 Å². The average Bonchev–Trinajstić information content (AvgIpc) is 3.13. The molecule has 0 spiro atoms. The van der Waals surface area contributed by atoms with Crippen molar-refractivity contribution in [2.24, 2.45) is 0 Å². The van der Waals surface area contributed by atoms with Crippen LogP contribution in [0.5, 0.6) is 11.5 Å². The van der Waals surface area contributed by atoms with Crippen molar-refractivity contribution >= 4 is 17.7 Å². The molecule has 1 atom stereocenters. The Kier molecular flexibility index (Phi) is 7.06. The maximum atomic E-state index is 12.4. The first-order valence-corrected chi connectivity index (χ1v) is 10.7. The summed E-state index contributed by atoms with van der Waals surface area (Å²) in [5, 5.41) is 11.7. The second-order valence-corrected chi connectivity index (χ2v) is 8.11. The van der Waals surface area contributed by atoms with E-state index in [1.807, 2.05) is 13.0 Å². The maximum absolute atomic E-state index is 12.4. The van der Waals surface area contributed by atoms with Crippen LogP contribution in [0.4, 0.5) is 0 Å². The Labute approximate surface area is 186 Å². The molecule has 9 heteroatoms. The number of rotatable bonds is 8. The first-order valence-electron chi connectivity index (χ1n) is 9.76. The van der Waals surface area contributed by atoms with Crippen LogP contribution in [0.15, 0.2) is 41.6 Å². The van der Waals surface area contributed by atoms with E-state index in [4.69, 9.17) is 15.3 Å². The minimum atomic E-state index is -0.109.